The van der Waals surface area contributed by atoms with Gasteiger partial charge in [0.1, 0.15) is 0 Å². The molecule has 0 aromatic carbocycles. The van der Waals surface area contributed by atoms with Crippen molar-refractivity contribution in [3.05, 3.63) is 0 Å². The molecule has 1 atom stereocenters. The fourth-order valence-corrected chi connectivity index (χ4v) is 3.26. The molecule has 94 valence electrons. The fourth-order valence-electron chi connectivity index (χ4n) is 3.26. The van der Waals surface area contributed by atoms with Gasteiger partial charge < -0.3 is 5.32 Å². The molecule has 1 N–H and O–H groups in total. The fraction of sp³-hybridized carbons (Fsp3) is 1.00. The summed E-state index contributed by atoms with van der Waals surface area (Å²) in [7, 11) is 0. The largest absolute Gasteiger partial charge is 0.312 e. The van der Waals surface area contributed by atoms with Crippen LogP contribution in [-0.4, -0.2) is 36.6 Å². The standard InChI is InChI=1S/C14H28N2/c1-12-9-16(11-14(2,3)10-15-12)13-7-5-4-6-8-13/h12-13,15H,4-11H2,1-3H3. The zero-order valence-electron chi connectivity index (χ0n) is 11.3. The molecule has 0 bridgehead atoms. The molecule has 2 nitrogen and oxygen atoms in total. The average Bonchev–Trinajstić information content (AvgIpc) is 2.39. The van der Waals surface area contributed by atoms with Gasteiger partial charge in [-0.3, -0.25) is 4.90 Å². The third kappa shape index (κ3) is 3.21. The van der Waals surface area contributed by atoms with Gasteiger partial charge in [0.15, 0.2) is 0 Å². The van der Waals surface area contributed by atoms with E-state index in [4.69, 9.17) is 0 Å². The number of nitrogens with zero attached hydrogens (tertiary/aromatic N) is 1. The molecule has 2 aliphatic rings. The molecule has 0 radical (unpaired) electrons. The average molecular weight is 224 g/mol. The molecule has 2 fully saturated rings. The molecule has 16 heavy (non-hydrogen) atoms. The minimum atomic E-state index is 0.433. The van der Waals surface area contributed by atoms with Crippen LogP contribution in [-0.2, 0) is 0 Å². The Balaban J connectivity index is 1.99. The Morgan fingerprint density at radius 1 is 1.12 bits per heavy atom. The zero-order valence-corrected chi connectivity index (χ0v) is 11.3. The van der Waals surface area contributed by atoms with Gasteiger partial charge in [0.25, 0.3) is 0 Å². The van der Waals surface area contributed by atoms with Crippen molar-refractivity contribution in [2.45, 2.75) is 65.0 Å². The van der Waals surface area contributed by atoms with Crippen molar-refractivity contribution in [1.82, 2.24) is 10.2 Å². The van der Waals surface area contributed by atoms with Gasteiger partial charge in [0.05, 0.1) is 0 Å². The first-order valence-electron chi connectivity index (χ1n) is 7.04. The van der Waals surface area contributed by atoms with Gasteiger partial charge in [-0.25, -0.2) is 0 Å². The SMILES string of the molecule is CC1CN(C2CCCCC2)CC(C)(C)CN1. The van der Waals surface area contributed by atoms with Gasteiger partial charge >= 0.3 is 0 Å². The summed E-state index contributed by atoms with van der Waals surface area (Å²) in [6.45, 7) is 10.8. The molecule has 0 aromatic heterocycles. The van der Waals surface area contributed by atoms with E-state index in [1.54, 1.807) is 0 Å². The molecule has 1 unspecified atom stereocenters. The van der Waals surface area contributed by atoms with Crippen LogP contribution < -0.4 is 5.32 Å². The maximum Gasteiger partial charge on any atom is 0.0167 e. The lowest BCUT2D eigenvalue weighted by Gasteiger charge is -2.37. The van der Waals surface area contributed by atoms with E-state index in [0.29, 0.717) is 11.5 Å². The lowest BCUT2D eigenvalue weighted by molar-refractivity contribution is 0.119. The van der Waals surface area contributed by atoms with Gasteiger partial charge in [-0.1, -0.05) is 33.1 Å². The van der Waals surface area contributed by atoms with Crippen LogP contribution in [0, 0.1) is 5.41 Å². The molecular weight excluding hydrogens is 196 g/mol. The second-order valence-corrected chi connectivity index (χ2v) is 6.67. The van der Waals surface area contributed by atoms with E-state index in [9.17, 15) is 0 Å². The van der Waals surface area contributed by atoms with E-state index in [1.807, 2.05) is 0 Å². The molecule has 2 rings (SSSR count). The van der Waals surface area contributed by atoms with E-state index >= 15 is 0 Å². The van der Waals surface area contributed by atoms with Crippen LogP contribution in [0.25, 0.3) is 0 Å². The van der Waals surface area contributed by atoms with Crippen molar-refractivity contribution >= 4 is 0 Å². The molecule has 1 aliphatic carbocycles. The maximum absolute atomic E-state index is 3.66. The highest BCUT2D eigenvalue weighted by molar-refractivity contribution is 4.88. The summed E-state index contributed by atoms with van der Waals surface area (Å²) in [4.78, 5) is 2.77. The first-order chi connectivity index (χ1) is 7.57. The van der Waals surface area contributed by atoms with Crippen molar-refractivity contribution < 1.29 is 0 Å². The number of hydrogen-bond donors (Lipinski definition) is 1. The summed E-state index contributed by atoms with van der Waals surface area (Å²) in [6.07, 6.45) is 7.22. The van der Waals surface area contributed by atoms with E-state index in [-0.39, 0.29) is 0 Å². The van der Waals surface area contributed by atoms with Crippen LogP contribution in [0.4, 0.5) is 0 Å². The summed E-state index contributed by atoms with van der Waals surface area (Å²) in [5.41, 5.74) is 0.433. The summed E-state index contributed by atoms with van der Waals surface area (Å²) in [5, 5.41) is 3.66. The maximum atomic E-state index is 3.66. The summed E-state index contributed by atoms with van der Waals surface area (Å²) >= 11 is 0. The Labute approximate surface area is 101 Å². The van der Waals surface area contributed by atoms with Crippen LogP contribution in [0.1, 0.15) is 52.9 Å². The normalized spacial score (nSPS) is 33.6. The van der Waals surface area contributed by atoms with Crippen LogP contribution in [0.3, 0.4) is 0 Å². The molecule has 0 spiro atoms. The predicted molar refractivity (Wildman–Crippen MR) is 69.7 cm³/mol. The minimum Gasteiger partial charge on any atom is -0.312 e. The Kier molecular flexibility index (Phi) is 3.91. The third-order valence-corrected chi connectivity index (χ3v) is 4.16. The summed E-state index contributed by atoms with van der Waals surface area (Å²) < 4.78 is 0. The Morgan fingerprint density at radius 3 is 2.50 bits per heavy atom. The van der Waals surface area contributed by atoms with Gasteiger partial charge in [0, 0.05) is 31.7 Å². The van der Waals surface area contributed by atoms with Crippen LogP contribution in [0.2, 0.25) is 0 Å². The van der Waals surface area contributed by atoms with E-state index in [2.05, 4.69) is 31.0 Å². The topological polar surface area (TPSA) is 15.3 Å². The van der Waals surface area contributed by atoms with E-state index in [0.717, 1.165) is 12.6 Å². The Hall–Kier alpha value is -0.0800. The number of rotatable bonds is 1. The molecular formula is C14H28N2. The third-order valence-electron chi connectivity index (χ3n) is 4.16. The van der Waals surface area contributed by atoms with Crippen LogP contribution in [0.15, 0.2) is 0 Å². The first-order valence-corrected chi connectivity index (χ1v) is 7.04. The summed E-state index contributed by atoms with van der Waals surface area (Å²) in [5.74, 6) is 0. The lowest BCUT2D eigenvalue weighted by atomic mass is 9.89. The monoisotopic (exact) mass is 224 g/mol. The van der Waals surface area contributed by atoms with Crippen molar-refractivity contribution in [1.29, 1.82) is 0 Å². The second-order valence-electron chi connectivity index (χ2n) is 6.67. The minimum absolute atomic E-state index is 0.433. The van der Waals surface area contributed by atoms with Crippen LogP contribution >= 0.6 is 0 Å². The highest BCUT2D eigenvalue weighted by atomic mass is 15.2. The van der Waals surface area contributed by atoms with Crippen molar-refractivity contribution in [3.8, 4) is 0 Å². The van der Waals surface area contributed by atoms with Crippen molar-refractivity contribution in [3.63, 3.8) is 0 Å². The van der Waals surface area contributed by atoms with Crippen molar-refractivity contribution in [2.24, 2.45) is 5.41 Å². The van der Waals surface area contributed by atoms with Crippen LogP contribution in [0.5, 0.6) is 0 Å². The second kappa shape index (κ2) is 5.05. The molecule has 0 aromatic rings. The smallest absolute Gasteiger partial charge is 0.0167 e. The lowest BCUT2D eigenvalue weighted by Crippen LogP contribution is -2.43. The molecule has 1 heterocycles. The summed E-state index contributed by atoms with van der Waals surface area (Å²) in [6, 6.07) is 1.53. The van der Waals surface area contributed by atoms with E-state index in [1.165, 1.54) is 45.2 Å². The first kappa shape index (κ1) is 12.4. The number of nitrogens with one attached hydrogen (secondary N) is 1. The molecule has 1 saturated heterocycles. The van der Waals surface area contributed by atoms with Gasteiger partial charge in [-0.15, -0.1) is 0 Å². The molecule has 1 aliphatic heterocycles. The zero-order chi connectivity index (χ0) is 11.6. The highest BCUT2D eigenvalue weighted by Crippen LogP contribution is 2.27. The molecule has 0 amide bonds. The number of hydrogen-bond acceptors (Lipinski definition) is 2. The highest BCUT2D eigenvalue weighted by Gasteiger charge is 2.31. The van der Waals surface area contributed by atoms with Crippen molar-refractivity contribution in [2.75, 3.05) is 19.6 Å². The van der Waals surface area contributed by atoms with Gasteiger partial charge in [-0.05, 0) is 25.2 Å². The Bertz CT molecular complexity index is 219. The predicted octanol–water partition coefficient (Wildman–Crippen LogP) is 2.64. The van der Waals surface area contributed by atoms with Gasteiger partial charge in [-0.2, -0.15) is 0 Å². The molecule has 2 heteroatoms. The quantitative estimate of drug-likeness (QED) is 0.736. The van der Waals surface area contributed by atoms with Gasteiger partial charge in [0.2, 0.25) is 0 Å². The Morgan fingerprint density at radius 2 is 1.81 bits per heavy atom. The molecule has 1 saturated carbocycles. The van der Waals surface area contributed by atoms with E-state index < -0.39 is 0 Å².